The summed E-state index contributed by atoms with van der Waals surface area (Å²) in [5.74, 6) is -1.14. The Morgan fingerprint density at radius 2 is 1.55 bits per heavy atom. The van der Waals surface area contributed by atoms with Gasteiger partial charge in [0.25, 0.3) is 0 Å². The van der Waals surface area contributed by atoms with Crippen LogP contribution in [0.25, 0.3) is 0 Å². The topological polar surface area (TPSA) is 136 Å². The molecule has 29 heavy (non-hydrogen) atoms. The van der Waals surface area contributed by atoms with Gasteiger partial charge in [0.2, 0.25) is 0 Å². The van der Waals surface area contributed by atoms with E-state index < -0.39 is 30.8 Å². The second kappa shape index (κ2) is 11.1. The highest BCUT2D eigenvalue weighted by Crippen LogP contribution is 2.29. The SMILES string of the molecule is NC(CCCCB(O)O)(CN[C@H](c1ccccc1)[C@@H](O)c1ccccc1)C(=O)O. The van der Waals surface area contributed by atoms with Gasteiger partial charge in [0, 0.05) is 6.54 Å². The Labute approximate surface area is 171 Å². The van der Waals surface area contributed by atoms with Gasteiger partial charge in [-0.2, -0.15) is 0 Å². The standard InChI is InChI=1S/C21H29BN2O5/c23-21(20(26)27,13-7-8-14-22(28)29)15-24-18(16-9-3-1-4-10-16)19(25)17-11-5-2-6-12-17/h1-6,9-12,18-19,24-25,28-29H,7-8,13-15,23H2,(H,26,27)/t18-,19+,21?/m1/s1. The van der Waals surface area contributed by atoms with Gasteiger partial charge in [-0.15, -0.1) is 0 Å². The first-order valence-corrected chi connectivity index (χ1v) is 9.73. The van der Waals surface area contributed by atoms with Gasteiger partial charge in [-0.1, -0.05) is 73.5 Å². The molecule has 0 aliphatic heterocycles. The van der Waals surface area contributed by atoms with E-state index in [-0.39, 0.29) is 19.3 Å². The number of nitrogens with one attached hydrogen (secondary N) is 1. The normalized spacial score (nSPS) is 15.3. The van der Waals surface area contributed by atoms with Gasteiger partial charge in [0.15, 0.2) is 0 Å². The second-order valence-electron chi connectivity index (χ2n) is 7.31. The molecule has 3 atom stereocenters. The Balaban J connectivity index is 2.13. The highest BCUT2D eigenvalue weighted by molar-refractivity contribution is 6.40. The maximum absolute atomic E-state index is 11.8. The maximum Gasteiger partial charge on any atom is 0.451 e. The number of aliphatic hydroxyl groups excluding tert-OH is 1. The van der Waals surface area contributed by atoms with Crippen LogP contribution in [0.4, 0.5) is 0 Å². The van der Waals surface area contributed by atoms with Crippen molar-refractivity contribution in [1.82, 2.24) is 5.32 Å². The van der Waals surface area contributed by atoms with Crippen LogP contribution in [-0.4, -0.2) is 45.4 Å². The summed E-state index contributed by atoms with van der Waals surface area (Å²) in [4.78, 5) is 11.8. The molecule has 0 bridgehead atoms. The number of carboxylic acids is 1. The van der Waals surface area contributed by atoms with Gasteiger partial charge in [0.05, 0.1) is 12.1 Å². The van der Waals surface area contributed by atoms with E-state index in [0.717, 1.165) is 5.56 Å². The van der Waals surface area contributed by atoms with E-state index in [1.807, 2.05) is 60.7 Å². The number of hydrogen-bond donors (Lipinski definition) is 6. The fourth-order valence-corrected chi connectivity index (χ4v) is 3.25. The third-order valence-electron chi connectivity index (χ3n) is 5.01. The second-order valence-corrected chi connectivity index (χ2v) is 7.31. The number of hydrogen-bond acceptors (Lipinski definition) is 6. The highest BCUT2D eigenvalue weighted by atomic mass is 16.4. The Hall–Kier alpha value is -2.23. The summed E-state index contributed by atoms with van der Waals surface area (Å²) in [6, 6.07) is 17.9. The van der Waals surface area contributed by atoms with Gasteiger partial charge in [0.1, 0.15) is 5.54 Å². The summed E-state index contributed by atoms with van der Waals surface area (Å²) < 4.78 is 0. The number of rotatable bonds is 12. The van der Waals surface area contributed by atoms with Crippen molar-refractivity contribution < 1.29 is 25.1 Å². The molecule has 1 unspecified atom stereocenters. The number of aliphatic hydroxyl groups is 1. The van der Waals surface area contributed by atoms with Crippen molar-refractivity contribution in [2.45, 2.75) is 43.3 Å². The molecule has 0 radical (unpaired) electrons. The zero-order chi connectivity index (χ0) is 21.3. The lowest BCUT2D eigenvalue weighted by Gasteiger charge is -2.31. The minimum atomic E-state index is -1.54. The van der Waals surface area contributed by atoms with Crippen molar-refractivity contribution in [2.24, 2.45) is 5.73 Å². The zero-order valence-corrected chi connectivity index (χ0v) is 16.3. The maximum atomic E-state index is 11.8. The van der Waals surface area contributed by atoms with Crippen LogP contribution >= 0.6 is 0 Å². The highest BCUT2D eigenvalue weighted by Gasteiger charge is 2.35. The van der Waals surface area contributed by atoms with Gasteiger partial charge in [-0.25, -0.2) is 0 Å². The summed E-state index contributed by atoms with van der Waals surface area (Å²) in [5, 5.41) is 41.6. The predicted molar refractivity (Wildman–Crippen MR) is 112 cm³/mol. The predicted octanol–water partition coefficient (Wildman–Crippen LogP) is 1.48. The number of carbonyl (C=O) groups is 1. The van der Waals surface area contributed by atoms with E-state index >= 15 is 0 Å². The lowest BCUT2D eigenvalue weighted by Crippen LogP contribution is -2.56. The van der Waals surface area contributed by atoms with E-state index in [1.54, 1.807) is 0 Å². The molecule has 0 aliphatic carbocycles. The number of unbranched alkanes of at least 4 members (excludes halogenated alkanes) is 1. The third kappa shape index (κ3) is 6.95. The lowest BCUT2D eigenvalue weighted by atomic mass is 9.82. The molecule has 7 N–H and O–H groups in total. The quantitative estimate of drug-likeness (QED) is 0.235. The zero-order valence-electron chi connectivity index (χ0n) is 16.3. The molecule has 0 fully saturated rings. The van der Waals surface area contributed by atoms with Crippen molar-refractivity contribution in [3.63, 3.8) is 0 Å². The van der Waals surface area contributed by atoms with Crippen molar-refractivity contribution >= 4 is 13.1 Å². The molecule has 0 saturated heterocycles. The molecule has 0 amide bonds. The molecule has 7 nitrogen and oxygen atoms in total. The molecule has 0 saturated carbocycles. The molecule has 8 heteroatoms. The van der Waals surface area contributed by atoms with Crippen LogP contribution in [0.1, 0.15) is 42.5 Å². The van der Waals surface area contributed by atoms with Crippen molar-refractivity contribution in [3.05, 3.63) is 71.8 Å². The summed E-state index contributed by atoms with van der Waals surface area (Å²) in [6.07, 6.45) is 0.354. The number of aliphatic carboxylic acids is 1. The Kier molecular flexibility index (Phi) is 8.82. The number of benzene rings is 2. The number of nitrogens with two attached hydrogens (primary N) is 1. The first-order valence-electron chi connectivity index (χ1n) is 9.73. The molecule has 2 aromatic rings. The van der Waals surface area contributed by atoms with Crippen LogP contribution < -0.4 is 11.1 Å². The third-order valence-corrected chi connectivity index (χ3v) is 5.01. The minimum Gasteiger partial charge on any atom is -0.480 e. The molecule has 2 rings (SSSR count). The van der Waals surface area contributed by atoms with Crippen LogP contribution in [0.3, 0.4) is 0 Å². The minimum absolute atomic E-state index is 0.0481. The summed E-state index contributed by atoms with van der Waals surface area (Å²) >= 11 is 0. The van der Waals surface area contributed by atoms with Crippen molar-refractivity contribution in [2.75, 3.05) is 6.54 Å². The van der Waals surface area contributed by atoms with Crippen LogP contribution in [0, 0.1) is 0 Å². The molecule has 0 heterocycles. The Morgan fingerprint density at radius 3 is 2.07 bits per heavy atom. The summed E-state index contributed by atoms with van der Waals surface area (Å²) in [6.45, 7) is -0.0481. The van der Waals surface area contributed by atoms with Gasteiger partial charge in [-0.3, -0.25) is 4.79 Å². The van der Waals surface area contributed by atoms with E-state index in [1.165, 1.54) is 0 Å². The molecular weight excluding hydrogens is 371 g/mol. The Morgan fingerprint density at radius 1 is 1.00 bits per heavy atom. The molecule has 0 spiro atoms. The molecule has 0 aliphatic rings. The van der Waals surface area contributed by atoms with Gasteiger partial charge < -0.3 is 31.3 Å². The van der Waals surface area contributed by atoms with Crippen LogP contribution in [0.5, 0.6) is 0 Å². The van der Waals surface area contributed by atoms with Gasteiger partial charge in [-0.05, 0) is 23.9 Å². The molecule has 2 aromatic carbocycles. The van der Waals surface area contributed by atoms with Crippen LogP contribution in [-0.2, 0) is 4.79 Å². The largest absolute Gasteiger partial charge is 0.480 e. The van der Waals surface area contributed by atoms with E-state index in [4.69, 9.17) is 15.8 Å². The van der Waals surface area contributed by atoms with Crippen molar-refractivity contribution in [1.29, 1.82) is 0 Å². The first-order chi connectivity index (χ1) is 13.8. The fraction of sp³-hybridized carbons (Fsp3) is 0.381. The van der Waals surface area contributed by atoms with Crippen molar-refractivity contribution in [3.8, 4) is 0 Å². The monoisotopic (exact) mass is 400 g/mol. The average Bonchev–Trinajstić information content (AvgIpc) is 2.72. The van der Waals surface area contributed by atoms with E-state index in [0.29, 0.717) is 18.4 Å². The summed E-state index contributed by atoms with van der Waals surface area (Å²) in [5.41, 5.74) is 6.15. The molecule has 156 valence electrons. The summed E-state index contributed by atoms with van der Waals surface area (Å²) in [7, 11) is -1.41. The Bertz CT molecular complexity index is 747. The fourth-order valence-electron chi connectivity index (χ4n) is 3.25. The first kappa shape index (κ1) is 23.1. The smallest absolute Gasteiger partial charge is 0.451 e. The molecule has 0 aromatic heterocycles. The van der Waals surface area contributed by atoms with Crippen LogP contribution in [0.15, 0.2) is 60.7 Å². The van der Waals surface area contributed by atoms with Crippen LogP contribution in [0.2, 0.25) is 6.32 Å². The number of carboxylic acid groups (broad SMARTS) is 1. The lowest BCUT2D eigenvalue weighted by molar-refractivity contribution is -0.143. The van der Waals surface area contributed by atoms with E-state index in [2.05, 4.69) is 5.32 Å². The van der Waals surface area contributed by atoms with Gasteiger partial charge >= 0.3 is 13.1 Å². The van der Waals surface area contributed by atoms with E-state index in [9.17, 15) is 15.0 Å². The molecular formula is C21H29BN2O5. The average molecular weight is 400 g/mol.